The lowest BCUT2D eigenvalue weighted by atomic mass is 10.2. The molecule has 0 aromatic heterocycles. The van der Waals surface area contributed by atoms with Crippen molar-refractivity contribution in [3.63, 3.8) is 0 Å². The van der Waals surface area contributed by atoms with Crippen LogP contribution in [0.2, 0.25) is 0 Å². The fourth-order valence-corrected chi connectivity index (χ4v) is 1.80. The number of halogens is 1. The fraction of sp³-hybridized carbons (Fsp3) is 0.500. The van der Waals surface area contributed by atoms with Gasteiger partial charge in [-0.3, -0.25) is 0 Å². The van der Waals surface area contributed by atoms with Gasteiger partial charge in [-0.05, 0) is 24.1 Å². The van der Waals surface area contributed by atoms with Gasteiger partial charge in [-0.15, -0.1) is 0 Å². The Morgan fingerprint density at radius 1 is 1.50 bits per heavy atom. The van der Waals surface area contributed by atoms with Crippen LogP contribution in [-0.4, -0.2) is 26.4 Å². The summed E-state index contributed by atoms with van der Waals surface area (Å²) in [4.78, 5) is 0. The molecule has 1 aliphatic heterocycles. The van der Waals surface area contributed by atoms with Gasteiger partial charge < -0.3 is 14.8 Å². The Balaban J connectivity index is 1.94. The minimum Gasteiger partial charge on any atom is -0.497 e. The molecular formula is C12H16FNO2. The van der Waals surface area contributed by atoms with Crippen LogP contribution < -0.4 is 10.1 Å². The summed E-state index contributed by atoms with van der Waals surface area (Å²) in [5, 5.41) is 3.33. The van der Waals surface area contributed by atoms with E-state index in [1.807, 2.05) is 6.07 Å². The first-order chi connectivity index (χ1) is 7.78. The molecule has 1 N–H and O–H groups in total. The predicted octanol–water partition coefficient (Wildman–Crippen LogP) is 1.71. The van der Waals surface area contributed by atoms with E-state index in [1.165, 1.54) is 19.2 Å². The molecule has 88 valence electrons. The van der Waals surface area contributed by atoms with E-state index in [-0.39, 0.29) is 5.82 Å². The second-order valence-corrected chi connectivity index (χ2v) is 3.94. The van der Waals surface area contributed by atoms with Crippen molar-refractivity contribution in [1.29, 1.82) is 0 Å². The van der Waals surface area contributed by atoms with Gasteiger partial charge in [-0.25, -0.2) is 4.39 Å². The summed E-state index contributed by atoms with van der Waals surface area (Å²) in [7, 11) is 1.54. The van der Waals surface area contributed by atoms with Crippen LogP contribution >= 0.6 is 0 Å². The van der Waals surface area contributed by atoms with E-state index >= 15 is 0 Å². The van der Waals surface area contributed by atoms with Crippen molar-refractivity contribution in [3.8, 4) is 5.75 Å². The first kappa shape index (κ1) is 11.4. The lowest BCUT2D eigenvalue weighted by molar-refractivity contribution is 0.190. The summed E-state index contributed by atoms with van der Waals surface area (Å²) in [6.07, 6.45) is 1.02. The van der Waals surface area contributed by atoms with Crippen LogP contribution in [0, 0.1) is 5.82 Å². The number of hydrogen-bond acceptors (Lipinski definition) is 3. The molecule has 2 rings (SSSR count). The number of ether oxygens (including phenoxy) is 2. The van der Waals surface area contributed by atoms with Gasteiger partial charge in [-0.2, -0.15) is 0 Å². The van der Waals surface area contributed by atoms with Crippen LogP contribution in [0.1, 0.15) is 12.0 Å². The van der Waals surface area contributed by atoms with E-state index in [2.05, 4.69) is 5.32 Å². The quantitative estimate of drug-likeness (QED) is 0.846. The van der Waals surface area contributed by atoms with Crippen molar-refractivity contribution in [1.82, 2.24) is 5.32 Å². The molecule has 0 radical (unpaired) electrons. The molecule has 3 nitrogen and oxygen atoms in total. The SMILES string of the molecule is COc1cc(F)cc(CNC2CCOC2)c1. The van der Waals surface area contributed by atoms with Gasteiger partial charge in [0.05, 0.1) is 13.7 Å². The zero-order valence-electron chi connectivity index (χ0n) is 9.33. The van der Waals surface area contributed by atoms with E-state index in [0.29, 0.717) is 18.3 Å². The third kappa shape index (κ3) is 2.93. The molecule has 1 fully saturated rings. The maximum absolute atomic E-state index is 13.2. The predicted molar refractivity (Wildman–Crippen MR) is 59.0 cm³/mol. The Kier molecular flexibility index (Phi) is 3.74. The van der Waals surface area contributed by atoms with Crippen molar-refractivity contribution in [2.75, 3.05) is 20.3 Å². The summed E-state index contributed by atoms with van der Waals surface area (Å²) < 4.78 is 23.5. The van der Waals surface area contributed by atoms with Crippen molar-refractivity contribution in [3.05, 3.63) is 29.6 Å². The molecule has 1 saturated heterocycles. The first-order valence-electron chi connectivity index (χ1n) is 5.42. The maximum atomic E-state index is 13.2. The first-order valence-corrected chi connectivity index (χ1v) is 5.42. The highest BCUT2D eigenvalue weighted by atomic mass is 19.1. The molecule has 0 saturated carbocycles. The van der Waals surface area contributed by atoms with Crippen molar-refractivity contribution in [2.24, 2.45) is 0 Å². The van der Waals surface area contributed by atoms with Gasteiger partial charge in [0.15, 0.2) is 0 Å². The van der Waals surface area contributed by atoms with E-state index < -0.39 is 0 Å². The van der Waals surface area contributed by atoms with E-state index in [1.54, 1.807) is 0 Å². The highest BCUT2D eigenvalue weighted by Gasteiger charge is 2.14. The maximum Gasteiger partial charge on any atom is 0.127 e. The van der Waals surface area contributed by atoms with Crippen LogP contribution in [0.3, 0.4) is 0 Å². The van der Waals surface area contributed by atoms with Gasteiger partial charge in [0.25, 0.3) is 0 Å². The second-order valence-electron chi connectivity index (χ2n) is 3.94. The molecule has 0 bridgehead atoms. The average molecular weight is 225 g/mol. The number of methoxy groups -OCH3 is 1. The Morgan fingerprint density at radius 2 is 2.38 bits per heavy atom. The molecule has 0 spiro atoms. The van der Waals surface area contributed by atoms with Crippen LogP contribution in [-0.2, 0) is 11.3 Å². The van der Waals surface area contributed by atoms with Gasteiger partial charge in [0, 0.05) is 25.3 Å². The molecule has 1 aromatic rings. The number of benzene rings is 1. The third-order valence-electron chi connectivity index (χ3n) is 2.69. The van der Waals surface area contributed by atoms with E-state index in [4.69, 9.17) is 9.47 Å². The smallest absolute Gasteiger partial charge is 0.127 e. The number of rotatable bonds is 4. The zero-order valence-corrected chi connectivity index (χ0v) is 9.33. The standard InChI is InChI=1S/C12H16FNO2/c1-15-12-5-9(4-10(13)6-12)7-14-11-2-3-16-8-11/h4-6,11,14H,2-3,7-8H2,1H3. The van der Waals surface area contributed by atoms with E-state index in [9.17, 15) is 4.39 Å². The lowest BCUT2D eigenvalue weighted by Gasteiger charge is -2.11. The zero-order chi connectivity index (χ0) is 11.4. The molecule has 0 aliphatic carbocycles. The molecule has 1 aromatic carbocycles. The molecule has 16 heavy (non-hydrogen) atoms. The van der Waals surface area contributed by atoms with Gasteiger partial charge >= 0.3 is 0 Å². The average Bonchev–Trinajstić information content (AvgIpc) is 2.78. The van der Waals surface area contributed by atoms with Crippen LogP contribution in [0.15, 0.2) is 18.2 Å². The lowest BCUT2D eigenvalue weighted by Crippen LogP contribution is -2.28. The number of nitrogens with one attached hydrogen (secondary N) is 1. The summed E-state index contributed by atoms with van der Waals surface area (Å²) in [6.45, 7) is 2.19. The highest BCUT2D eigenvalue weighted by Crippen LogP contribution is 2.16. The summed E-state index contributed by atoms with van der Waals surface area (Å²) in [5.74, 6) is 0.290. The molecule has 1 aliphatic rings. The molecule has 1 heterocycles. The normalized spacial score (nSPS) is 20.0. The number of hydrogen-bond donors (Lipinski definition) is 1. The highest BCUT2D eigenvalue weighted by molar-refractivity contribution is 5.29. The van der Waals surface area contributed by atoms with Crippen molar-refractivity contribution >= 4 is 0 Å². The fourth-order valence-electron chi connectivity index (χ4n) is 1.80. The molecule has 1 unspecified atom stereocenters. The Hall–Kier alpha value is -1.13. The van der Waals surface area contributed by atoms with Crippen LogP contribution in [0.5, 0.6) is 5.75 Å². The van der Waals surface area contributed by atoms with Crippen LogP contribution in [0.25, 0.3) is 0 Å². The summed E-state index contributed by atoms with van der Waals surface area (Å²) >= 11 is 0. The summed E-state index contributed by atoms with van der Waals surface area (Å²) in [5.41, 5.74) is 0.892. The minimum absolute atomic E-state index is 0.265. The monoisotopic (exact) mass is 225 g/mol. The van der Waals surface area contributed by atoms with Gasteiger partial charge in [0.2, 0.25) is 0 Å². The Bertz CT molecular complexity index is 351. The van der Waals surface area contributed by atoms with Crippen molar-refractivity contribution in [2.45, 2.75) is 19.0 Å². The molecular weight excluding hydrogens is 209 g/mol. The Labute approximate surface area is 94.6 Å². The molecule has 0 amide bonds. The van der Waals surface area contributed by atoms with Gasteiger partial charge in [0.1, 0.15) is 11.6 Å². The van der Waals surface area contributed by atoms with E-state index in [0.717, 1.165) is 25.2 Å². The van der Waals surface area contributed by atoms with Gasteiger partial charge in [-0.1, -0.05) is 0 Å². The molecule has 1 atom stereocenters. The van der Waals surface area contributed by atoms with Crippen LogP contribution in [0.4, 0.5) is 4.39 Å². The molecule has 4 heteroatoms. The topological polar surface area (TPSA) is 30.5 Å². The summed E-state index contributed by atoms with van der Waals surface area (Å²) in [6, 6.07) is 5.12. The van der Waals surface area contributed by atoms with Crippen molar-refractivity contribution < 1.29 is 13.9 Å². The Morgan fingerprint density at radius 3 is 3.06 bits per heavy atom. The second kappa shape index (κ2) is 5.27. The third-order valence-corrected chi connectivity index (χ3v) is 2.69. The largest absolute Gasteiger partial charge is 0.497 e. The minimum atomic E-state index is -0.265.